The molecule has 2 heterocycles. The van der Waals surface area contributed by atoms with Crippen LogP contribution in [0, 0.1) is 0 Å². The summed E-state index contributed by atoms with van der Waals surface area (Å²) in [6.07, 6.45) is 6.11. The predicted octanol–water partition coefficient (Wildman–Crippen LogP) is 4.88. The summed E-state index contributed by atoms with van der Waals surface area (Å²) in [5.41, 5.74) is 2.41. The van der Waals surface area contributed by atoms with Gasteiger partial charge in [0.25, 0.3) is 0 Å². The summed E-state index contributed by atoms with van der Waals surface area (Å²) in [6.45, 7) is 5.07. The van der Waals surface area contributed by atoms with Crippen molar-refractivity contribution in [1.82, 2.24) is 9.88 Å². The number of fused-ring (bicyclic) bond motifs is 1. The van der Waals surface area contributed by atoms with Gasteiger partial charge in [0.2, 0.25) is 0 Å². The Bertz CT molecular complexity index is 1080. The zero-order chi connectivity index (χ0) is 24.9. The SMILES string of the molecule is O=C(O)C=CC(=O)O.c1cc(CN2CCCCC2)cc(OCCCNc2nc3ccccc3s2)c1. The van der Waals surface area contributed by atoms with Crippen molar-refractivity contribution in [2.24, 2.45) is 0 Å². The van der Waals surface area contributed by atoms with Gasteiger partial charge in [-0.15, -0.1) is 0 Å². The number of thiazole rings is 1. The van der Waals surface area contributed by atoms with Gasteiger partial charge in [0.15, 0.2) is 5.13 Å². The van der Waals surface area contributed by atoms with Crippen molar-refractivity contribution in [1.29, 1.82) is 0 Å². The van der Waals surface area contributed by atoms with E-state index in [4.69, 9.17) is 14.9 Å². The van der Waals surface area contributed by atoms with E-state index in [1.54, 1.807) is 11.3 Å². The standard InChI is InChI=1S/C22H27N3OS.C4H4O4/c1-4-13-25(14-5-1)17-18-8-6-9-19(16-18)26-15-7-12-23-22-24-20-10-2-3-11-21(20)27-22;5-3(6)1-2-4(7)8/h2-3,6,8-11,16H,1,4-5,7,12-15,17H2,(H,23,24);1-2H,(H,5,6)(H,7,8). The van der Waals surface area contributed by atoms with Crippen molar-refractivity contribution in [3.63, 3.8) is 0 Å². The van der Waals surface area contributed by atoms with E-state index in [0.29, 0.717) is 18.8 Å². The average molecular weight is 498 g/mol. The Balaban J connectivity index is 0.000000371. The lowest BCUT2D eigenvalue weighted by atomic mass is 10.1. The van der Waals surface area contributed by atoms with Crippen LogP contribution in [0.5, 0.6) is 5.75 Å². The molecule has 0 radical (unpaired) electrons. The number of aromatic nitrogens is 1. The lowest BCUT2D eigenvalue weighted by Crippen LogP contribution is -2.29. The molecule has 0 amide bonds. The van der Waals surface area contributed by atoms with Gasteiger partial charge in [-0.25, -0.2) is 14.6 Å². The van der Waals surface area contributed by atoms with Crippen LogP contribution in [-0.2, 0) is 16.1 Å². The number of nitrogens with zero attached hydrogens (tertiary/aromatic N) is 2. The summed E-state index contributed by atoms with van der Waals surface area (Å²) in [4.78, 5) is 26.3. The van der Waals surface area contributed by atoms with Crippen LogP contribution >= 0.6 is 11.3 Å². The molecule has 0 unspecified atom stereocenters. The second kappa shape index (κ2) is 14.1. The van der Waals surface area contributed by atoms with E-state index >= 15 is 0 Å². The smallest absolute Gasteiger partial charge is 0.328 e. The molecule has 0 saturated carbocycles. The minimum Gasteiger partial charge on any atom is -0.494 e. The Morgan fingerprint density at radius 2 is 1.77 bits per heavy atom. The molecule has 1 aliphatic heterocycles. The van der Waals surface area contributed by atoms with Crippen LogP contribution < -0.4 is 10.1 Å². The van der Waals surface area contributed by atoms with Crippen molar-refractivity contribution in [2.75, 3.05) is 31.6 Å². The van der Waals surface area contributed by atoms with Crippen LogP contribution in [0.15, 0.2) is 60.7 Å². The maximum absolute atomic E-state index is 9.55. The number of benzene rings is 2. The molecule has 1 aliphatic rings. The number of para-hydroxylation sites is 1. The van der Waals surface area contributed by atoms with E-state index in [9.17, 15) is 9.59 Å². The summed E-state index contributed by atoms with van der Waals surface area (Å²) in [6, 6.07) is 16.8. The Morgan fingerprint density at radius 1 is 1.03 bits per heavy atom. The maximum Gasteiger partial charge on any atom is 0.328 e. The van der Waals surface area contributed by atoms with Crippen LogP contribution in [0.1, 0.15) is 31.2 Å². The number of hydrogen-bond donors (Lipinski definition) is 3. The van der Waals surface area contributed by atoms with Gasteiger partial charge in [-0.05, 0) is 62.2 Å². The van der Waals surface area contributed by atoms with E-state index in [1.807, 2.05) is 6.07 Å². The van der Waals surface area contributed by atoms with E-state index in [-0.39, 0.29) is 0 Å². The Labute approximate surface area is 208 Å². The molecule has 0 bridgehead atoms. The largest absolute Gasteiger partial charge is 0.494 e. The molecule has 35 heavy (non-hydrogen) atoms. The lowest BCUT2D eigenvalue weighted by molar-refractivity contribution is -0.134. The zero-order valence-corrected chi connectivity index (χ0v) is 20.4. The van der Waals surface area contributed by atoms with Gasteiger partial charge in [-0.3, -0.25) is 4.90 Å². The Hall–Kier alpha value is -3.43. The molecule has 0 atom stereocenters. The predicted molar refractivity (Wildman–Crippen MR) is 138 cm³/mol. The molecule has 1 aromatic heterocycles. The fourth-order valence-corrected chi connectivity index (χ4v) is 4.55. The first-order chi connectivity index (χ1) is 17.0. The molecule has 4 rings (SSSR count). The number of carboxylic acids is 2. The van der Waals surface area contributed by atoms with Crippen LogP contribution in [0.3, 0.4) is 0 Å². The van der Waals surface area contributed by atoms with Gasteiger partial charge in [0, 0.05) is 25.2 Å². The zero-order valence-electron chi connectivity index (χ0n) is 19.6. The number of carboxylic acid groups (broad SMARTS) is 2. The number of ether oxygens (including phenoxy) is 1. The number of hydrogen-bond acceptors (Lipinski definition) is 7. The quantitative estimate of drug-likeness (QED) is 0.269. The number of nitrogens with one attached hydrogen (secondary N) is 1. The van der Waals surface area contributed by atoms with Gasteiger partial charge in [0.05, 0.1) is 16.8 Å². The normalized spacial score (nSPS) is 13.8. The minimum atomic E-state index is -1.26. The molecule has 3 aromatic rings. The molecule has 3 N–H and O–H groups in total. The minimum absolute atomic E-state index is 0.558. The molecule has 2 aromatic carbocycles. The molecule has 186 valence electrons. The van der Waals surface area contributed by atoms with Crippen molar-refractivity contribution in [2.45, 2.75) is 32.2 Å². The third-order valence-electron chi connectivity index (χ3n) is 5.28. The fraction of sp³-hybridized carbons (Fsp3) is 0.346. The molecule has 8 nitrogen and oxygen atoms in total. The van der Waals surface area contributed by atoms with Crippen LogP contribution in [0.4, 0.5) is 5.13 Å². The van der Waals surface area contributed by atoms with Crippen molar-refractivity contribution in [3.05, 3.63) is 66.2 Å². The molecule has 1 fully saturated rings. The van der Waals surface area contributed by atoms with Gasteiger partial charge in [-0.1, -0.05) is 42.0 Å². The van der Waals surface area contributed by atoms with Gasteiger partial charge < -0.3 is 20.3 Å². The topological polar surface area (TPSA) is 112 Å². The summed E-state index contributed by atoms with van der Waals surface area (Å²) >= 11 is 1.70. The van der Waals surface area contributed by atoms with E-state index < -0.39 is 11.9 Å². The van der Waals surface area contributed by atoms with Crippen molar-refractivity contribution in [3.8, 4) is 5.75 Å². The maximum atomic E-state index is 9.55. The molecule has 0 spiro atoms. The number of piperidine rings is 1. The van der Waals surface area contributed by atoms with E-state index in [2.05, 4.69) is 57.7 Å². The van der Waals surface area contributed by atoms with Gasteiger partial charge >= 0.3 is 11.9 Å². The Morgan fingerprint density at radius 3 is 2.49 bits per heavy atom. The number of aliphatic carboxylic acids is 2. The van der Waals surface area contributed by atoms with Crippen LogP contribution in [-0.4, -0.2) is 58.3 Å². The van der Waals surface area contributed by atoms with Gasteiger partial charge in [-0.2, -0.15) is 0 Å². The highest BCUT2D eigenvalue weighted by atomic mass is 32.1. The molecule has 1 saturated heterocycles. The molecular weight excluding hydrogens is 466 g/mol. The number of rotatable bonds is 10. The van der Waals surface area contributed by atoms with Gasteiger partial charge in [0.1, 0.15) is 5.75 Å². The summed E-state index contributed by atoms with van der Waals surface area (Å²) in [7, 11) is 0. The third kappa shape index (κ3) is 9.76. The summed E-state index contributed by atoms with van der Waals surface area (Å²) in [5, 5.41) is 20.0. The summed E-state index contributed by atoms with van der Waals surface area (Å²) in [5.74, 6) is -1.54. The first kappa shape index (κ1) is 26.2. The fourth-order valence-electron chi connectivity index (χ4n) is 3.66. The van der Waals surface area contributed by atoms with E-state index in [1.165, 1.54) is 42.6 Å². The first-order valence-corrected chi connectivity index (χ1v) is 12.5. The average Bonchev–Trinajstić information content (AvgIpc) is 3.27. The first-order valence-electron chi connectivity index (χ1n) is 11.7. The van der Waals surface area contributed by atoms with Crippen LogP contribution in [0.25, 0.3) is 10.2 Å². The number of likely N-dealkylation sites (tertiary alicyclic amines) is 1. The van der Waals surface area contributed by atoms with Crippen molar-refractivity contribution < 1.29 is 24.5 Å². The highest BCUT2D eigenvalue weighted by molar-refractivity contribution is 7.22. The molecule has 9 heteroatoms. The Kier molecular flexibility index (Phi) is 10.5. The second-order valence-electron chi connectivity index (χ2n) is 8.11. The number of anilines is 1. The summed E-state index contributed by atoms with van der Waals surface area (Å²) < 4.78 is 7.18. The second-order valence-corrected chi connectivity index (χ2v) is 9.14. The third-order valence-corrected chi connectivity index (χ3v) is 6.28. The highest BCUT2D eigenvalue weighted by Gasteiger charge is 2.10. The molecular formula is C26H31N3O5S. The van der Waals surface area contributed by atoms with E-state index in [0.717, 1.165) is 35.9 Å². The lowest BCUT2D eigenvalue weighted by Gasteiger charge is -2.26. The van der Waals surface area contributed by atoms with Crippen molar-refractivity contribution >= 4 is 38.6 Å². The monoisotopic (exact) mass is 497 g/mol. The highest BCUT2D eigenvalue weighted by Crippen LogP contribution is 2.25. The number of carbonyl (C=O) groups is 2. The molecule has 0 aliphatic carbocycles. The van der Waals surface area contributed by atoms with Crippen LogP contribution in [0.2, 0.25) is 0 Å².